The predicted octanol–water partition coefficient (Wildman–Crippen LogP) is 2.33. The van der Waals surface area contributed by atoms with Gasteiger partial charge >= 0.3 is 11.7 Å². The van der Waals surface area contributed by atoms with Crippen LogP contribution in [0.15, 0.2) is 50.6 Å². The Morgan fingerprint density at radius 2 is 2.15 bits per heavy atom. The minimum atomic E-state index is -1.32. The maximum atomic E-state index is 14.3. The molecule has 0 spiro atoms. The SMILES string of the molecule is CCOC(=O)C(Cc1ccc(Br)cc1F)n1c(=O)[nH]c2ncccc2c1=O. The number of esters is 1. The summed E-state index contributed by atoms with van der Waals surface area (Å²) in [6.45, 7) is 1.66. The maximum Gasteiger partial charge on any atom is 0.330 e. The molecule has 3 rings (SSSR count). The Morgan fingerprint density at radius 1 is 1.37 bits per heavy atom. The van der Waals surface area contributed by atoms with Gasteiger partial charge in [-0.25, -0.2) is 23.5 Å². The van der Waals surface area contributed by atoms with Gasteiger partial charge in [0.25, 0.3) is 5.56 Å². The van der Waals surface area contributed by atoms with Crippen LogP contribution >= 0.6 is 15.9 Å². The fourth-order valence-electron chi connectivity index (χ4n) is 2.76. The summed E-state index contributed by atoms with van der Waals surface area (Å²) < 4.78 is 20.6. The lowest BCUT2D eigenvalue weighted by atomic mass is 10.0. The molecule has 0 amide bonds. The van der Waals surface area contributed by atoms with Crippen LogP contribution in [0.25, 0.3) is 11.0 Å². The first-order valence-corrected chi connectivity index (χ1v) is 8.91. The van der Waals surface area contributed by atoms with E-state index in [-0.39, 0.29) is 29.6 Å². The molecule has 9 heteroatoms. The third-order valence-electron chi connectivity index (χ3n) is 4.00. The van der Waals surface area contributed by atoms with Gasteiger partial charge in [-0.3, -0.25) is 9.78 Å². The number of rotatable bonds is 5. The Bertz CT molecular complexity index is 1130. The molecule has 0 saturated heterocycles. The summed E-state index contributed by atoms with van der Waals surface area (Å²) in [7, 11) is 0. The summed E-state index contributed by atoms with van der Waals surface area (Å²) in [5, 5.41) is 0.141. The van der Waals surface area contributed by atoms with Gasteiger partial charge in [0.1, 0.15) is 17.5 Å². The highest BCUT2D eigenvalue weighted by molar-refractivity contribution is 9.10. The molecule has 27 heavy (non-hydrogen) atoms. The topological polar surface area (TPSA) is 94.1 Å². The fourth-order valence-corrected chi connectivity index (χ4v) is 3.09. The zero-order valence-corrected chi connectivity index (χ0v) is 15.8. The van der Waals surface area contributed by atoms with Gasteiger partial charge in [0.05, 0.1) is 12.0 Å². The molecule has 1 aromatic carbocycles. The first kappa shape index (κ1) is 19.0. The number of benzene rings is 1. The van der Waals surface area contributed by atoms with Crippen LogP contribution in [0.4, 0.5) is 4.39 Å². The number of pyridine rings is 1. The second-order valence-electron chi connectivity index (χ2n) is 5.71. The molecule has 1 atom stereocenters. The van der Waals surface area contributed by atoms with Crippen molar-refractivity contribution in [2.45, 2.75) is 19.4 Å². The fraction of sp³-hybridized carbons (Fsp3) is 0.222. The van der Waals surface area contributed by atoms with Crippen molar-refractivity contribution in [3.8, 4) is 0 Å². The molecule has 3 aromatic rings. The first-order chi connectivity index (χ1) is 12.9. The molecule has 0 bridgehead atoms. The van der Waals surface area contributed by atoms with Crippen LogP contribution in [0, 0.1) is 5.82 Å². The van der Waals surface area contributed by atoms with Crippen molar-refractivity contribution < 1.29 is 13.9 Å². The summed E-state index contributed by atoms with van der Waals surface area (Å²) in [6, 6.07) is 6.04. The number of carbonyl (C=O) groups excluding carboxylic acids is 1. The van der Waals surface area contributed by atoms with Crippen LogP contribution in [0.2, 0.25) is 0 Å². The number of fused-ring (bicyclic) bond motifs is 1. The predicted molar refractivity (Wildman–Crippen MR) is 100 cm³/mol. The van der Waals surface area contributed by atoms with Crippen molar-refractivity contribution in [3.63, 3.8) is 0 Å². The number of aromatic amines is 1. The van der Waals surface area contributed by atoms with Crippen LogP contribution in [0.5, 0.6) is 0 Å². The summed E-state index contributed by atoms with van der Waals surface area (Å²) in [5.41, 5.74) is -1.23. The van der Waals surface area contributed by atoms with Crippen LogP contribution in [0.1, 0.15) is 18.5 Å². The third-order valence-corrected chi connectivity index (χ3v) is 4.49. The smallest absolute Gasteiger partial charge is 0.330 e. The Balaban J connectivity index is 2.17. The highest BCUT2D eigenvalue weighted by Gasteiger charge is 2.27. The Morgan fingerprint density at radius 3 is 2.85 bits per heavy atom. The van der Waals surface area contributed by atoms with Crippen molar-refractivity contribution in [1.29, 1.82) is 0 Å². The highest BCUT2D eigenvalue weighted by Crippen LogP contribution is 2.20. The van der Waals surface area contributed by atoms with Crippen LogP contribution < -0.4 is 11.2 Å². The summed E-state index contributed by atoms with van der Waals surface area (Å²) in [6.07, 6.45) is 1.22. The molecule has 0 fully saturated rings. The molecular formula is C18H15BrFN3O4. The number of aromatic nitrogens is 3. The van der Waals surface area contributed by atoms with E-state index in [9.17, 15) is 18.8 Å². The Labute approximate surface area is 160 Å². The molecule has 1 N–H and O–H groups in total. The number of hydrogen-bond acceptors (Lipinski definition) is 5. The van der Waals surface area contributed by atoms with Gasteiger partial charge < -0.3 is 4.74 Å². The summed E-state index contributed by atoms with van der Waals surface area (Å²) in [5.74, 6) is -1.36. The molecule has 2 aromatic heterocycles. The second kappa shape index (κ2) is 7.83. The summed E-state index contributed by atoms with van der Waals surface area (Å²) in [4.78, 5) is 44.2. The first-order valence-electron chi connectivity index (χ1n) is 8.12. The van der Waals surface area contributed by atoms with E-state index < -0.39 is 29.1 Å². The standard InChI is InChI=1S/C18H15BrFN3O4/c1-2-27-17(25)14(8-10-5-6-11(19)9-13(10)20)23-16(24)12-4-3-7-21-15(12)22-18(23)26/h3-7,9,14H,2,8H2,1H3,(H,21,22,26). The quantitative estimate of drug-likeness (QED) is 0.620. The molecule has 0 aliphatic rings. The van der Waals surface area contributed by atoms with Gasteiger partial charge in [0.2, 0.25) is 0 Å². The number of halogens is 2. The van der Waals surface area contributed by atoms with Gasteiger partial charge in [-0.05, 0) is 36.8 Å². The second-order valence-corrected chi connectivity index (χ2v) is 6.63. The Kier molecular flexibility index (Phi) is 5.50. The van der Waals surface area contributed by atoms with Crippen molar-refractivity contribution in [3.05, 3.63) is 73.2 Å². The minimum absolute atomic E-state index is 0.0555. The number of H-pyrrole nitrogens is 1. The van der Waals surface area contributed by atoms with Crippen LogP contribution in [-0.2, 0) is 16.0 Å². The molecule has 0 radical (unpaired) electrons. The maximum absolute atomic E-state index is 14.3. The molecular weight excluding hydrogens is 421 g/mol. The normalized spacial score (nSPS) is 12.1. The number of ether oxygens (including phenoxy) is 1. The zero-order chi connectivity index (χ0) is 19.6. The van der Waals surface area contributed by atoms with E-state index in [1.54, 1.807) is 19.1 Å². The van der Waals surface area contributed by atoms with Crippen LogP contribution in [-0.4, -0.2) is 27.1 Å². The largest absolute Gasteiger partial charge is 0.464 e. The van der Waals surface area contributed by atoms with E-state index in [0.717, 1.165) is 4.57 Å². The zero-order valence-electron chi connectivity index (χ0n) is 14.2. The molecule has 140 valence electrons. The number of hydrogen-bond donors (Lipinski definition) is 1. The van der Waals surface area contributed by atoms with Crippen molar-refractivity contribution >= 4 is 32.9 Å². The molecule has 1 unspecified atom stereocenters. The van der Waals surface area contributed by atoms with Gasteiger partial charge in [0.15, 0.2) is 0 Å². The monoisotopic (exact) mass is 435 g/mol. The molecule has 0 aliphatic carbocycles. The molecule has 0 aliphatic heterocycles. The van der Waals surface area contributed by atoms with E-state index in [1.165, 1.54) is 24.4 Å². The van der Waals surface area contributed by atoms with Crippen molar-refractivity contribution in [2.75, 3.05) is 6.61 Å². The van der Waals surface area contributed by atoms with Gasteiger partial charge in [-0.1, -0.05) is 22.0 Å². The van der Waals surface area contributed by atoms with Gasteiger partial charge in [-0.15, -0.1) is 0 Å². The van der Waals surface area contributed by atoms with Crippen molar-refractivity contribution in [1.82, 2.24) is 14.5 Å². The van der Waals surface area contributed by atoms with E-state index >= 15 is 0 Å². The van der Waals surface area contributed by atoms with Crippen LogP contribution in [0.3, 0.4) is 0 Å². The number of nitrogens with one attached hydrogen (secondary N) is 1. The van der Waals surface area contributed by atoms with Crippen molar-refractivity contribution in [2.24, 2.45) is 0 Å². The average molecular weight is 436 g/mol. The van der Waals surface area contributed by atoms with E-state index in [2.05, 4.69) is 25.9 Å². The third kappa shape index (κ3) is 3.82. The van der Waals surface area contributed by atoms with Gasteiger partial charge in [0, 0.05) is 17.1 Å². The van der Waals surface area contributed by atoms with E-state index in [0.29, 0.717) is 4.47 Å². The molecule has 0 saturated carbocycles. The lowest BCUT2D eigenvalue weighted by Gasteiger charge is -2.18. The number of nitrogens with zero attached hydrogens (tertiary/aromatic N) is 2. The van der Waals surface area contributed by atoms with Gasteiger partial charge in [-0.2, -0.15) is 0 Å². The lowest BCUT2D eigenvalue weighted by molar-refractivity contribution is -0.147. The van der Waals surface area contributed by atoms with E-state index in [1.807, 2.05) is 0 Å². The molecule has 7 nitrogen and oxygen atoms in total. The minimum Gasteiger partial charge on any atom is -0.464 e. The number of carbonyl (C=O) groups is 1. The average Bonchev–Trinajstić information content (AvgIpc) is 2.63. The molecule has 2 heterocycles. The van der Waals surface area contributed by atoms with E-state index in [4.69, 9.17) is 4.74 Å². The Hall–Kier alpha value is -2.81. The lowest BCUT2D eigenvalue weighted by Crippen LogP contribution is -2.42. The highest BCUT2D eigenvalue weighted by atomic mass is 79.9. The summed E-state index contributed by atoms with van der Waals surface area (Å²) >= 11 is 3.16.